The summed E-state index contributed by atoms with van der Waals surface area (Å²) in [5.41, 5.74) is 1.10. The Kier molecular flexibility index (Phi) is 2.14. The number of rotatable bonds is 0. The zero-order valence-electron chi connectivity index (χ0n) is 5.35. The summed E-state index contributed by atoms with van der Waals surface area (Å²) in [6, 6.07) is 2.01. The lowest BCUT2D eigenvalue weighted by atomic mass is 10.1. The molecule has 0 saturated carbocycles. The van der Waals surface area contributed by atoms with Crippen molar-refractivity contribution < 1.29 is 0 Å². The lowest BCUT2D eigenvalue weighted by molar-refractivity contribution is 0.588. The lowest BCUT2D eigenvalue weighted by Crippen LogP contribution is -2.19. The Morgan fingerprint density at radius 2 is 2.44 bits per heavy atom. The van der Waals surface area contributed by atoms with Crippen molar-refractivity contribution >= 4 is 0 Å². The van der Waals surface area contributed by atoms with Crippen molar-refractivity contribution in [2.45, 2.75) is 19.3 Å². The first-order chi connectivity index (χ1) is 4.43. The Hall–Kier alpha value is -0.970. The van der Waals surface area contributed by atoms with Crippen molar-refractivity contribution in [2.24, 2.45) is 0 Å². The van der Waals surface area contributed by atoms with Crippen LogP contribution in [0.4, 0.5) is 0 Å². The number of nitrogens with zero attached hydrogens (tertiary/aromatic N) is 1. The molecule has 1 heterocycles. The molecule has 0 aromatic heterocycles. The van der Waals surface area contributed by atoms with Gasteiger partial charge in [0.1, 0.15) is 0 Å². The maximum absolute atomic E-state index is 8.25. The molecule has 1 saturated heterocycles. The van der Waals surface area contributed by atoms with E-state index >= 15 is 0 Å². The molecule has 0 atom stereocenters. The van der Waals surface area contributed by atoms with Crippen molar-refractivity contribution in [2.75, 3.05) is 6.54 Å². The van der Waals surface area contributed by atoms with Gasteiger partial charge in [-0.05, 0) is 19.3 Å². The van der Waals surface area contributed by atoms with Gasteiger partial charge in [0, 0.05) is 18.3 Å². The second-order valence-corrected chi connectivity index (χ2v) is 2.18. The zero-order chi connectivity index (χ0) is 6.53. The number of hydrogen-bond acceptors (Lipinski definition) is 2. The minimum atomic E-state index is 1.04. The van der Waals surface area contributed by atoms with E-state index in [9.17, 15) is 0 Å². The highest BCUT2D eigenvalue weighted by Crippen LogP contribution is 2.08. The first kappa shape index (κ1) is 6.15. The Labute approximate surface area is 55.2 Å². The summed E-state index contributed by atoms with van der Waals surface area (Å²) in [7, 11) is 0. The number of hydrogen-bond donors (Lipinski definition) is 1. The van der Waals surface area contributed by atoms with Crippen molar-refractivity contribution in [3.8, 4) is 6.07 Å². The normalized spacial score (nSPS) is 22.8. The molecule has 0 aromatic carbocycles. The summed E-state index contributed by atoms with van der Waals surface area (Å²) >= 11 is 0. The number of nitriles is 1. The number of piperidine rings is 1. The SMILES string of the molecule is N#C/C=C1\CCCCN1. The van der Waals surface area contributed by atoms with Crippen LogP contribution in [0.2, 0.25) is 0 Å². The van der Waals surface area contributed by atoms with Crippen molar-refractivity contribution in [3.63, 3.8) is 0 Å². The van der Waals surface area contributed by atoms with Crippen LogP contribution in [-0.2, 0) is 0 Å². The summed E-state index contributed by atoms with van der Waals surface area (Å²) in [4.78, 5) is 0. The van der Waals surface area contributed by atoms with Crippen molar-refractivity contribution in [1.29, 1.82) is 5.26 Å². The van der Waals surface area contributed by atoms with Crippen LogP contribution in [0.15, 0.2) is 11.8 Å². The molecule has 1 aliphatic rings. The van der Waals surface area contributed by atoms with E-state index in [4.69, 9.17) is 5.26 Å². The average molecular weight is 122 g/mol. The van der Waals surface area contributed by atoms with Crippen LogP contribution in [0.3, 0.4) is 0 Å². The molecule has 0 radical (unpaired) electrons. The van der Waals surface area contributed by atoms with E-state index in [-0.39, 0.29) is 0 Å². The summed E-state index contributed by atoms with van der Waals surface area (Å²) in [5.74, 6) is 0. The second kappa shape index (κ2) is 3.13. The molecule has 1 N–H and O–H groups in total. The topological polar surface area (TPSA) is 35.8 Å². The van der Waals surface area contributed by atoms with Gasteiger partial charge >= 0.3 is 0 Å². The van der Waals surface area contributed by atoms with Crippen LogP contribution in [0.5, 0.6) is 0 Å². The molecule has 0 bridgehead atoms. The van der Waals surface area contributed by atoms with E-state index in [1.807, 2.05) is 6.07 Å². The summed E-state index contributed by atoms with van der Waals surface area (Å²) in [6.07, 6.45) is 5.11. The zero-order valence-corrected chi connectivity index (χ0v) is 5.35. The monoisotopic (exact) mass is 122 g/mol. The highest BCUT2D eigenvalue weighted by atomic mass is 14.9. The highest BCUT2D eigenvalue weighted by molar-refractivity contribution is 5.12. The predicted molar refractivity (Wildman–Crippen MR) is 35.5 cm³/mol. The summed E-state index contributed by atoms with van der Waals surface area (Å²) < 4.78 is 0. The fourth-order valence-electron chi connectivity index (χ4n) is 0.979. The maximum Gasteiger partial charge on any atom is 0.0930 e. The molecule has 0 amide bonds. The van der Waals surface area contributed by atoms with Gasteiger partial charge in [0.15, 0.2) is 0 Å². The quantitative estimate of drug-likeness (QED) is 0.489. The van der Waals surface area contributed by atoms with E-state index in [0.717, 1.165) is 18.7 Å². The average Bonchev–Trinajstić information content (AvgIpc) is 1.91. The maximum atomic E-state index is 8.25. The highest BCUT2D eigenvalue weighted by Gasteiger charge is 2.01. The molecule has 1 rings (SSSR count). The lowest BCUT2D eigenvalue weighted by Gasteiger charge is -2.14. The number of allylic oxidation sites excluding steroid dienone is 2. The third-order valence-electron chi connectivity index (χ3n) is 1.46. The molecular formula is C7H10N2. The van der Waals surface area contributed by atoms with Gasteiger partial charge < -0.3 is 5.32 Å². The van der Waals surface area contributed by atoms with Crippen LogP contribution in [0.25, 0.3) is 0 Å². The standard InChI is InChI=1S/C7H10N2/c8-5-4-7-3-1-2-6-9-7/h4,9H,1-3,6H2/b7-4+. The largest absolute Gasteiger partial charge is 0.388 e. The minimum Gasteiger partial charge on any atom is -0.388 e. The van der Waals surface area contributed by atoms with E-state index in [2.05, 4.69) is 5.32 Å². The molecule has 0 aromatic rings. The van der Waals surface area contributed by atoms with E-state index < -0.39 is 0 Å². The summed E-state index contributed by atoms with van der Waals surface area (Å²) in [5, 5.41) is 11.4. The van der Waals surface area contributed by atoms with Crippen molar-refractivity contribution in [1.82, 2.24) is 5.32 Å². The smallest absolute Gasteiger partial charge is 0.0930 e. The Morgan fingerprint density at radius 3 is 3.00 bits per heavy atom. The fraction of sp³-hybridized carbons (Fsp3) is 0.571. The molecule has 2 heteroatoms. The molecule has 1 fully saturated rings. The predicted octanol–water partition coefficient (Wildman–Crippen LogP) is 1.17. The molecule has 9 heavy (non-hydrogen) atoms. The Bertz CT molecular complexity index is 145. The van der Waals surface area contributed by atoms with Gasteiger partial charge in [-0.15, -0.1) is 0 Å². The first-order valence-corrected chi connectivity index (χ1v) is 3.26. The molecule has 48 valence electrons. The molecule has 2 nitrogen and oxygen atoms in total. The van der Waals surface area contributed by atoms with E-state index in [0.29, 0.717) is 0 Å². The minimum absolute atomic E-state index is 1.04. The van der Waals surface area contributed by atoms with Gasteiger partial charge in [-0.25, -0.2) is 0 Å². The molecular weight excluding hydrogens is 112 g/mol. The Balaban J connectivity index is 2.42. The Morgan fingerprint density at radius 1 is 1.56 bits per heavy atom. The molecule has 1 aliphatic heterocycles. The third-order valence-corrected chi connectivity index (χ3v) is 1.46. The van der Waals surface area contributed by atoms with Crippen LogP contribution in [0.1, 0.15) is 19.3 Å². The number of nitrogens with one attached hydrogen (secondary N) is 1. The van der Waals surface area contributed by atoms with Gasteiger partial charge in [-0.2, -0.15) is 5.26 Å². The van der Waals surface area contributed by atoms with Crippen LogP contribution in [-0.4, -0.2) is 6.54 Å². The fourth-order valence-corrected chi connectivity index (χ4v) is 0.979. The van der Waals surface area contributed by atoms with Gasteiger partial charge in [-0.3, -0.25) is 0 Å². The first-order valence-electron chi connectivity index (χ1n) is 3.26. The molecule has 0 aliphatic carbocycles. The van der Waals surface area contributed by atoms with Crippen LogP contribution >= 0.6 is 0 Å². The second-order valence-electron chi connectivity index (χ2n) is 2.18. The van der Waals surface area contributed by atoms with Gasteiger partial charge in [0.05, 0.1) is 6.07 Å². The van der Waals surface area contributed by atoms with Crippen molar-refractivity contribution in [3.05, 3.63) is 11.8 Å². The van der Waals surface area contributed by atoms with Crippen LogP contribution < -0.4 is 5.32 Å². The van der Waals surface area contributed by atoms with E-state index in [1.165, 1.54) is 12.8 Å². The van der Waals surface area contributed by atoms with Gasteiger partial charge in [0.2, 0.25) is 0 Å². The third kappa shape index (κ3) is 1.77. The molecule has 0 unspecified atom stereocenters. The van der Waals surface area contributed by atoms with Gasteiger partial charge in [-0.1, -0.05) is 0 Å². The van der Waals surface area contributed by atoms with E-state index in [1.54, 1.807) is 6.08 Å². The molecule has 0 spiro atoms. The van der Waals surface area contributed by atoms with Gasteiger partial charge in [0.25, 0.3) is 0 Å². The summed E-state index contributed by atoms with van der Waals surface area (Å²) in [6.45, 7) is 1.04. The van der Waals surface area contributed by atoms with Crippen LogP contribution in [0, 0.1) is 11.3 Å².